The average molecular weight is 251 g/mol. The summed E-state index contributed by atoms with van der Waals surface area (Å²) in [5.74, 6) is 0.991. The molecular formula is C15H25NO2. The van der Waals surface area contributed by atoms with Gasteiger partial charge in [0.2, 0.25) is 0 Å². The van der Waals surface area contributed by atoms with Crippen LogP contribution in [-0.2, 0) is 4.74 Å². The van der Waals surface area contributed by atoms with Gasteiger partial charge >= 0.3 is 0 Å². The molecular weight excluding hydrogens is 226 g/mol. The topological polar surface area (TPSA) is 34.4 Å². The van der Waals surface area contributed by atoms with Gasteiger partial charge in [-0.2, -0.15) is 0 Å². The highest BCUT2D eigenvalue weighted by atomic mass is 16.5. The lowest BCUT2D eigenvalue weighted by Crippen LogP contribution is -2.23. The lowest BCUT2D eigenvalue weighted by molar-refractivity contribution is 0.0995. The molecule has 18 heavy (non-hydrogen) atoms. The van der Waals surface area contributed by atoms with Gasteiger partial charge in [0.05, 0.1) is 12.4 Å². The van der Waals surface area contributed by atoms with E-state index in [4.69, 9.17) is 9.15 Å². The first-order valence-corrected chi connectivity index (χ1v) is 7.19. The molecule has 1 saturated heterocycles. The molecule has 1 N–H and O–H groups in total. The van der Waals surface area contributed by atoms with Gasteiger partial charge in [0, 0.05) is 18.2 Å². The average Bonchev–Trinajstić information content (AvgIpc) is 3.01. The second kappa shape index (κ2) is 6.95. The third-order valence-electron chi connectivity index (χ3n) is 3.60. The summed E-state index contributed by atoms with van der Waals surface area (Å²) < 4.78 is 11.1. The highest BCUT2D eigenvalue weighted by molar-refractivity contribution is 5.16. The zero-order chi connectivity index (χ0) is 12.8. The van der Waals surface area contributed by atoms with Crippen LogP contribution in [0.1, 0.15) is 56.4 Å². The highest BCUT2D eigenvalue weighted by Gasteiger charge is 2.19. The molecule has 2 unspecified atom stereocenters. The van der Waals surface area contributed by atoms with E-state index >= 15 is 0 Å². The summed E-state index contributed by atoms with van der Waals surface area (Å²) >= 11 is 0. The molecule has 0 bridgehead atoms. The van der Waals surface area contributed by atoms with Gasteiger partial charge < -0.3 is 14.5 Å². The van der Waals surface area contributed by atoms with Gasteiger partial charge in [0.15, 0.2) is 0 Å². The summed E-state index contributed by atoms with van der Waals surface area (Å²) in [7, 11) is 0. The van der Waals surface area contributed by atoms with Gasteiger partial charge in [0.25, 0.3) is 0 Å². The molecule has 0 saturated carbocycles. The summed E-state index contributed by atoms with van der Waals surface area (Å²) in [5.41, 5.74) is 1.28. The highest BCUT2D eigenvalue weighted by Crippen LogP contribution is 2.25. The molecule has 2 heterocycles. The van der Waals surface area contributed by atoms with E-state index in [2.05, 4.69) is 18.3 Å². The van der Waals surface area contributed by atoms with Crippen molar-refractivity contribution >= 4 is 0 Å². The monoisotopic (exact) mass is 251 g/mol. The quantitative estimate of drug-likeness (QED) is 0.804. The van der Waals surface area contributed by atoms with E-state index in [1.807, 2.05) is 13.2 Å². The molecule has 1 aromatic rings. The van der Waals surface area contributed by atoms with Crippen molar-refractivity contribution in [1.82, 2.24) is 5.32 Å². The van der Waals surface area contributed by atoms with Crippen LogP contribution in [0.15, 0.2) is 16.7 Å². The minimum atomic E-state index is 0.409. The van der Waals surface area contributed by atoms with Gasteiger partial charge in [0.1, 0.15) is 5.76 Å². The van der Waals surface area contributed by atoms with Crippen molar-refractivity contribution in [3.05, 3.63) is 23.7 Å². The maximum Gasteiger partial charge on any atom is 0.101 e. The summed E-state index contributed by atoms with van der Waals surface area (Å²) in [6, 6.07) is 2.55. The molecule has 0 amide bonds. The first-order valence-electron chi connectivity index (χ1n) is 7.19. The van der Waals surface area contributed by atoms with Gasteiger partial charge in [-0.3, -0.25) is 0 Å². The van der Waals surface area contributed by atoms with Crippen LogP contribution in [-0.4, -0.2) is 19.3 Å². The number of rotatable bonds is 7. The van der Waals surface area contributed by atoms with Crippen LogP contribution < -0.4 is 5.32 Å². The van der Waals surface area contributed by atoms with Gasteiger partial charge in [-0.15, -0.1) is 0 Å². The maximum absolute atomic E-state index is 5.70. The Balaban J connectivity index is 1.87. The first-order chi connectivity index (χ1) is 8.79. The molecule has 1 fully saturated rings. The Bertz CT molecular complexity index is 342. The Morgan fingerprint density at radius 3 is 3.00 bits per heavy atom. The minimum absolute atomic E-state index is 0.409. The lowest BCUT2D eigenvalue weighted by atomic mass is 10.0. The van der Waals surface area contributed by atoms with E-state index in [0.717, 1.165) is 38.2 Å². The van der Waals surface area contributed by atoms with E-state index in [9.17, 15) is 0 Å². The van der Waals surface area contributed by atoms with Crippen LogP contribution in [0.5, 0.6) is 0 Å². The Morgan fingerprint density at radius 2 is 2.39 bits per heavy atom. The van der Waals surface area contributed by atoms with Crippen molar-refractivity contribution in [3.63, 3.8) is 0 Å². The van der Waals surface area contributed by atoms with Crippen LogP contribution in [0.4, 0.5) is 0 Å². The van der Waals surface area contributed by atoms with Gasteiger partial charge in [-0.05, 0) is 51.6 Å². The summed E-state index contributed by atoms with van der Waals surface area (Å²) in [6.45, 7) is 6.20. The lowest BCUT2D eigenvalue weighted by Gasteiger charge is -2.19. The third kappa shape index (κ3) is 3.85. The summed E-state index contributed by atoms with van der Waals surface area (Å²) in [6.07, 6.45) is 8.25. The van der Waals surface area contributed by atoms with Crippen molar-refractivity contribution < 1.29 is 9.15 Å². The van der Waals surface area contributed by atoms with Crippen molar-refractivity contribution in [2.24, 2.45) is 0 Å². The van der Waals surface area contributed by atoms with Gasteiger partial charge in [-0.25, -0.2) is 0 Å². The Hall–Kier alpha value is -0.800. The summed E-state index contributed by atoms with van der Waals surface area (Å²) in [4.78, 5) is 0. The number of aryl methyl sites for hydroxylation is 1. The van der Waals surface area contributed by atoms with E-state index in [0.29, 0.717) is 12.1 Å². The first kappa shape index (κ1) is 13.6. The van der Waals surface area contributed by atoms with Crippen molar-refractivity contribution in [2.45, 2.75) is 58.1 Å². The molecule has 102 valence electrons. The van der Waals surface area contributed by atoms with Crippen LogP contribution in [0.3, 0.4) is 0 Å². The van der Waals surface area contributed by atoms with Crippen LogP contribution in [0, 0.1) is 6.92 Å². The fourth-order valence-electron chi connectivity index (χ4n) is 2.58. The second-order valence-corrected chi connectivity index (χ2v) is 5.21. The molecule has 3 nitrogen and oxygen atoms in total. The SMILES string of the molecule is CCCNC(CCC1CCCO1)c1coc(C)c1. The van der Waals surface area contributed by atoms with E-state index in [1.165, 1.54) is 18.4 Å². The standard InChI is InChI=1S/C15H25NO2/c1-3-8-16-15(13-10-12(2)18-11-13)7-6-14-5-4-9-17-14/h10-11,14-16H,3-9H2,1-2H3. The smallest absolute Gasteiger partial charge is 0.101 e. The number of furan rings is 1. The predicted octanol–water partition coefficient (Wildman–Crippen LogP) is 3.59. The largest absolute Gasteiger partial charge is 0.469 e. The zero-order valence-electron chi connectivity index (χ0n) is 11.6. The molecule has 0 radical (unpaired) electrons. The van der Waals surface area contributed by atoms with Crippen LogP contribution in [0.25, 0.3) is 0 Å². The van der Waals surface area contributed by atoms with Gasteiger partial charge in [-0.1, -0.05) is 6.92 Å². The number of hydrogen-bond donors (Lipinski definition) is 1. The Morgan fingerprint density at radius 1 is 1.50 bits per heavy atom. The molecule has 0 aliphatic carbocycles. The molecule has 2 atom stereocenters. The normalized spacial score (nSPS) is 21.3. The van der Waals surface area contributed by atoms with Crippen LogP contribution >= 0.6 is 0 Å². The van der Waals surface area contributed by atoms with E-state index in [-0.39, 0.29) is 0 Å². The molecule has 1 aliphatic heterocycles. The Labute approximate surface area is 110 Å². The summed E-state index contributed by atoms with van der Waals surface area (Å²) in [5, 5.41) is 3.61. The zero-order valence-corrected chi connectivity index (χ0v) is 11.6. The fourth-order valence-corrected chi connectivity index (χ4v) is 2.58. The minimum Gasteiger partial charge on any atom is -0.469 e. The molecule has 1 aromatic heterocycles. The van der Waals surface area contributed by atoms with Crippen molar-refractivity contribution in [1.29, 1.82) is 0 Å². The number of ether oxygens (including phenoxy) is 1. The Kier molecular flexibility index (Phi) is 5.26. The molecule has 0 aromatic carbocycles. The second-order valence-electron chi connectivity index (χ2n) is 5.21. The molecule has 3 heteroatoms. The molecule has 0 spiro atoms. The van der Waals surface area contributed by atoms with E-state index < -0.39 is 0 Å². The van der Waals surface area contributed by atoms with E-state index in [1.54, 1.807) is 0 Å². The molecule has 2 rings (SSSR count). The third-order valence-corrected chi connectivity index (χ3v) is 3.60. The fraction of sp³-hybridized carbons (Fsp3) is 0.733. The number of nitrogens with one attached hydrogen (secondary N) is 1. The van der Waals surface area contributed by atoms with Crippen molar-refractivity contribution in [3.8, 4) is 0 Å². The maximum atomic E-state index is 5.70. The van der Waals surface area contributed by atoms with Crippen molar-refractivity contribution in [2.75, 3.05) is 13.2 Å². The van der Waals surface area contributed by atoms with Crippen LogP contribution in [0.2, 0.25) is 0 Å². The molecule has 1 aliphatic rings. The predicted molar refractivity (Wildman–Crippen MR) is 72.7 cm³/mol. The number of hydrogen-bond acceptors (Lipinski definition) is 3.